The van der Waals surface area contributed by atoms with Crippen LogP contribution in [-0.4, -0.2) is 14.8 Å². The average molecular weight is 348 g/mol. The Balaban J connectivity index is 0.000000644. The molecular weight excluding hydrogens is 327 g/mol. The molecule has 0 aliphatic carbocycles. The third kappa shape index (κ3) is 9.21. The van der Waals surface area contributed by atoms with Crippen LogP contribution in [-0.2, 0) is 39.3 Å². The molecule has 0 aliphatic rings. The van der Waals surface area contributed by atoms with Gasteiger partial charge in [-0.05, 0) is 25.6 Å². The molecule has 0 bridgehead atoms. The molecule has 1 aromatic carbocycles. The number of aryl methyl sites for hydroxylation is 1. The molecule has 5 heteroatoms. The van der Waals surface area contributed by atoms with Gasteiger partial charge in [-0.25, -0.2) is 4.98 Å². The van der Waals surface area contributed by atoms with Crippen molar-refractivity contribution in [3.8, 4) is 5.75 Å². The summed E-state index contributed by atoms with van der Waals surface area (Å²) in [6.07, 6.45) is 3.15. The monoisotopic (exact) mass is 348 g/mol. The minimum Gasteiger partial charge on any atom is -0.661 e. The number of rotatable bonds is 4. The first-order valence-corrected chi connectivity index (χ1v) is 6.22. The van der Waals surface area contributed by atoms with Crippen molar-refractivity contribution in [2.24, 2.45) is 0 Å². The predicted molar refractivity (Wildman–Crippen MR) is 76.4 cm³/mol. The zero-order valence-electron chi connectivity index (χ0n) is 12.6. The largest absolute Gasteiger partial charge is 0.661 e. The molecule has 20 heavy (non-hydrogen) atoms. The number of aromatic nitrogens is 3. The van der Waals surface area contributed by atoms with Gasteiger partial charge < -0.3 is 10.7 Å². The fourth-order valence-electron chi connectivity index (χ4n) is 1.15. The topological polar surface area (TPSA) is 39.9 Å². The van der Waals surface area contributed by atoms with Crippen molar-refractivity contribution in [2.45, 2.75) is 34.2 Å². The smallest absolute Gasteiger partial charge is 0.137 e. The van der Waals surface area contributed by atoms with E-state index in [1.54, 1.807) is 17.6 Å². The van der Waals surface area contributed by atoms with Crippen LogP contribution in [0.25, 0.3) is 0 Å². The van der Waals surface area contributed by atoms with Crippen LogP contribution < -0.4 is 4.74 Å². The maximum absolute atomic E-state index is 5.42. The minimum absolute atomic E-state index is 0. The van der Waals surface area contributed by atoms with Gasteiger partial charge in [0.05, 0.1) is 5.75 Å². The van der Waals surface area contributed by atoms with Crippen molar-refractivity contribution in [1.82, 2.24) is 14.8 Å². The summed E-state index contributed by atoms with van der Waals surface area (Å²) in [5.41, 5.74) is 1.22. The van der Waals surface area contributed by atoms with Crippen LogP contribution in [0.4, 0.5) is 0 Å². The standard InChI is InChI=1S/C11H12N3O.C4H9.Y/c1-10-2-4-11(5-3-10)15-7-6-14-9-12-8-13-14;1-4(2)3;/h2-5,7-9H,6H2,1H3;1-3H3;/q2*-1;. The van der Waals surface area contributed by atoms with Crippen molar-refractivity contribution >= 4 is 0 Å². The van der Waals surface area contributed by atoms with Gasteiger partial charge in [0.1, 0.15) is 12.7 Å². The van der Waals surface area contributed by atoms with Crippen molar-refractivity contribution in [1.29, 1.82) is 0 Å². The van der Waals surface area contributed by atoms with Crippen LogP contribution in [0.2, 0.25) is 0 Å². The average Bonchev–Trinajstić information content (AvgIpc) is 2.84. The zero-order valence-corrected chi connectivity index (χ0v) is 15.4. The van der Waals surface area contributed by atoms with Gasteiger partial charge in [-0.15, -0.1) is 6.61 Å². The molecule has 0 spiro atoms. The second kappa shape index (κ2) is 11.0. The Labute approximate surface area is 146 Å². The molecule has 0 saturated carbocycles. The minimum atomic E-state index is 0. The molecule has 2 rings (SSSR count). The van der Waals surface area contributed by atoms with Gasteiger partial charge in [0.25, 0.3) is 0 Å². The van der Waals surface area contributed by atoms with Gasteiger partial charge in [-0.1, -0.05) is 17.7 Å². The third-order valence-electron chi connectivity index (χ3n) is 1.97. The molecule has 0 aliphatic heterocycles. The predicted octanol–water partition coefficient (Wildman–Crippen LogP) is 3.45. The Bertz CT molecular complexity index is 438. The maximum Gasteiger partial charge on any atom is 0.137 e. The summed E-state index contributed by atoms with van der Waals surface area (Å²) in [7, 11) is 0. The number of hydrogen-bond acceptors (Lipinski definition) is 3. The normalized spacial score (nSPS) is 9.45. The van der Waals surface area contributed by atoms with E-state index in [0.717, 1.165) is 5.75 Å². The first-order valence-electron chi connectivity index (χ1n) is 6.22. The first kappa shape index (κ1) is 19.3. The molecular formula is C15H21N3OY-2. The van der Waals surface area contributed by atoms with Crippen molar-refractivity contribution in [3.05, 3.63) is 55.0 Å². The van der Waals surface area contributed by atoms with E-state index in [0.29, 0.717) is 6.54 Å². The summed E-state index contributed by atoms with van der Waals surface area (Å²) in [5.74, 6) is 2.25. The third-order valence-corrected chi connectivity index (χ3v) is 1.97. The molecule has 2 aromatic rings. The van der Waals surface area contributed by atoms with Crippen molar-refractivity contribution in [2.75, 3.05) is 0 Å². The van der Waals surface area contributed by atoms with Crippen LogP contribution in [0.5, 0.6) is 5.75 Å². The SMILES string of the molecule is C[C-](C)C.Cc1ccc(O[CH-]Cn2cncn2)cc1.[Y]. The molecule has 107 valence electrons. The molecule has 0 N–H and O–H groups in total. The molecule has 4 nitrogen and oxygen atoms in total. The van der Waals surface area contributed by atoms with E-state index in [4.69, 9.17) is 4.74 Å². The van der Waals surface area contributed by atoms with Crippen LogP contribution in [0.1, 0.15) is 26.3 Å². The van der Waals surface area contributed by atoms with Crippen LogP contribution in [0, 0.1) is 19.4 Å². The van der Waals surface area contributed by atoms with E-state index < -0.39 is 0 Å². The van der Waals surface area contributed by atoms with E-state index >= 15 is 0 Å². The second-order valence-corrected chi connectivity index (χ2v) is 4.72. The fourth-order valence-corrected chi connectivity index (χ4v) is 1.15. The van der Waals surface area contributed by atoms with Crippen molar-refractivity contribution < 1.29 is 37.4 Å². The first-order chi connectivity index (χ1) is 9.08. The number of ether oxygens (including phenoxy) is 1. The molecule has 1 heterocycles. The van der Waals surface area contributed by atoms with Crippen LogP contribution in [0.3, 0.4) is 0 Å². The quantitative estimate of drug-likeness (QED) is 0.795. The Morgan fingerprint density at radius 2 is 1.80 bits per heavy atom. The molecule has 1 aromatic heterocycles. The number of benzene rings is 1. The van der Waals surface area contributed by atoms with Gasteiger partial charge in [0, 0.05) is 32.7 Å². The van der Waals surface area contributed by atoms with Gasteiger partial charge in [0.15, 0.2) is 0 Å². The molecule has 0 fully saturated rings. The van der Waals surface area contributed by atoms with Crippen LogP contribution in [0.15, 0.2) is 36.9 Å². The summed E-state index contributed by atoms with van der Waals surface area (Å²) in [4.78, 5) is 3.84. The van der Waals surface area contributed by atoms with Gasteiger partial charge in [-0.2, -0.15) is 25.9 Å². The van der Waals surface area contributed by atoms with E-state index in [1.165, 1.54) is 17.8 Å². The van der Waals surface area contributed by atoms with E-state index in [2.05, 4.69) is 30.9 Å². The molecule has 1 radical (unpaired) electrons. The molecule has 0 atom stereocenters. The summed E-state index contributed by atoms with van der Waals surface area (Å²) >= 11 is 0. The second-order valence-electron chi connectivity index (χ2n) is 4.72. The number of hydrogen-bond donors (Lipinski definition) is 0. The van der Waals surface area contributed by atoms with E-state index in [1.807, 2.05) is 31.2 Å². The van der Waals surface area contributed by atoms with Crippen LogP contribution >= 0.6 is 0 Å². The molecule has 0 unspecified atom stereocenters. The Hall–Kier alpha value is -0.736. The number of nitrogens with zero attached hydrogens (tertiary/aromatic N) is 3. The summed E-state index contributed by atoms with van der Waals surface area (Å²) in [6.45, 7) is 10.6. The summed E-state index contributed by atoms with van der Waals surface area (Å²) < 4.78 is 7.11. The van der Waals surface area contributed by atoms with Gasteiger partial charge in [0.2, 0.25) is 0 Å². The summed E-state index contributed by atoms with van der Waals surface area (Å²) in [5, 5.41) is 3.96. The van der Waals surface area contributed by atoms with E-state index in [-0.39, 0.29) is 32.7 Å². The molecule has 0 amide bonds. The van der Waals surface area contributed by atoms with Crippen molar-refractivity contribution in [3.63, 3.8) is 0 Å². The zero-order chi connectivity index (χ0) is 14.1. The van der Waals surface area contributed by atoms with Gasteiger partial charge in [-0.3, -0.25) is 4.68 Å². The van der Waals surface area contributed by atoms with E-state index in [9.17, 15) is 0 Å². The Morgan fingerprint density at radius 3 is 2.30 bits per heavy atom. The Kier molecular flexibility index (Phi) is 10.6. The Morgan fingerprint density at radius 1 is 1.20 bits per heavy atom. The summed E-state index contributed by atoms with van der Waals surface area (Å²) in [6, 6.07) is 7.90. The fraction of sp³-hybridized carbons (Fsp3) is 0.333. The molecule has 0 saturated heterocycles. The maximum atomic E-state index is 5.42. The van der Waals surface area contributed by atoms with Gasteiger partial charge >= 0.3 is 0 Å².